The lowest BCUT2D eigenvalue weighted by atomic mass is 9.85. The van der Waals surface area contributed by atoms with E-state index in [1.807, 2.05) is 6.07 Å². The summed E-state index contributed by atoms with van der Waals surface area (Å²) in [6.45, 7) is 7.36. The van der Waals surface area contributed by atoms with Crippen molar-refractivity contribution in [1.82, 2.24) is 15.1 Å². The Morgan fingerprint density at radius 3 is 2.69 bits per heavy atom. The Bertz CT molecular complexity index is 589. The molecule has 2 saturated heterocycles. The van der Waals surface area contributed by atoms with Crippen molar-refractivity contribution in [3.05, 3.63) is 34.9 Å². The van der Waals surface area contributed by atoms with E-state index in [1.165, 1.54) is 31.2 Å². The third kappa shape index (κ3) is 5.49. The highest BCUT2D eigenvalue weighted by atomic mass is 127. The average Bonchev–Trinajstić information content (AvgIpc) is 3.13. The average molecular weight is 491 g/mol. The summed E-state index contributed by atoms with van der Waals surface area (Å²) >= 11 is 6.25. The first-order valence-electron chi connectivity index (χ1n) is 9.68. The van der Waals surface area contributed by atoms with Crippen molar-refractivity contribution in [1.29, 1.82) is 0 Å². The molecule has 146 valence electrons. The number of hydrogen-bond acceptors (Lipinski definition) is 2. The molecule has 0 saturated carbocycles. The maximum absolute atomic E-state index is 6.25. The molecule has 0 radical (unpaired) electrons. The Morgan fingerprint density at radius 2 is 2.00 bits per heavy atom. The Hall–Kier alpha value is -0.530. The first-order valence-corrected chi connectivity index (χ1v) is 10.1. The van der Waals surface area contributed by atoms with E-state index in [0.29, 0.717) is 12.0 Å². The first-order chi connectivity index (χ1) is 12.2. The number of piperidine rings is 1. The molecule has 2 aliphatic heterocycles. The minimum Gasteiger partial charge on any atom is -0.357 e. The number of aliphatic imine (C=N–C) groups is 1. The molecule has 0 bridgehead atoms. The zero-order valence-corrected chi connectivity index (χ0v) is 19.0. The van der Waals surface area contributed by atoms with Crippen LogP contribution < -0.4 is 5.32 Å². The second-order valence-electron chi connectivity index (χ2n) is 7.27. The maximum Gasteiger partial charge on any atom is 0.193 e. The van der Waals surface area contributed by atoms with Crippen LogP contribution in [0.4, 0.5) is 0 Å². The first kappa shape index (κ1) is 21.8. The van der Waals surface area contributed by atoms with Crippen LogP contribution in [0.15, 0.2) is 29.3 Å². The fraction of sp³-hybridized carbons (Fsp3) is 0.650. The number of nitrogens with zero attached hydrogens (tertiary/aromatic N) is 3. The molecule has 3 rings (SSSR count). The predicted molar refractivity (Wildman–Crippen MR) is 122 cm³/mol. The summed E-state index contributed by atoms with van der Waals surface area (Å²) in [5.74, 6) is 1.63. The molecule has 1 aromatic rings. The summed E-state index contributed by atoms with van der Waals surface area (Å²) in [5, 5.41) is 4.30. The SMILES string of the molecule is CCNC(=NCC1CCCN(C)C1c1cccc(Cl)c1)N1CCCC1.I. The molecule has 0 spiro atoms. The van der Waals surface area contributed by atoms with Crippen LogP contribution in [0.2, 0.25) is 5.02 Å². The van der Waals surface area contributed by atoms with Crippen molar-refractivity contribution in [2.24, 2.45) is 10.9 Å². The van der Waals surface area contributed by atoms with E-state index in [1.54, 1.807) is 0 Å². The van der Waals surface area contributed by atoms with E-state index in [2.05, 4.69) is 47.3 Å². The topological polar surface area (TPSA) is 30.9 Å². The van der Waals surface area contributed by atoms with Gasteiger partial charge in [0, 0.05) is 37.2 Å². The van der Waals surface area contributed by atoms with Gasteiger partial charge in [-0.1, -0.05) is 23.7 Å². The molecule has 2 atom stereocenters. The van der Waals surface area contributed by atoms with Crippen molar-refractivity contribution in [3.63, 3.8) is 0 Å². The van der Waals surface area contributed by atoms with Crippen molar-refractivity contribution in [2.75, 3.05) is 39.8 Å². The van der Waals surface area contributed by atoms with E-state index < -0.39 is 0 Å². The molecule has 2 unspecified atom stereocenters. The predicted octanol–water partition coefficient (Wildman–Crippen LogP) is 4.40. The monoisotopic (exact) mass is 490 g/mol. The van der Waals surface area contributed by atoms with Crippen LogP contribution in [0.1, 0.15) is 44.2 Å². The molecule has 2 aliphatic rings. The number of nitrogens with one attached hydrogen (secondary N) is 1. The molecule has 0 aliphatic carbocycles. The summed E-state index contributed by atoms with van der Waals surface area (Å²) in [6.07, 6.45) is 5.03. The van der Waals surface area contributed by atoms with Crippen LogP contribution in [0.3, 0.4) is 0 Å². The number of likely N-dealkylation sites (tertiary alicyclic amines) is 2. The summed E-state index contributed by atoms with van der Waals surface area (Å²) in [5.41, 5.74) is 1.32. The summed E-state index contributed by atoms with van der Waals surface area (Å²) < 4.78 is 0. The smallest absolute Gasteiger partial charge is 0.193 e. The number of rotatable bonds is 4. The lowest BCUT2D eigenvalue weighted by molar-refractivity contribution is 0.125. The second-order valence-corrected chi connectivity index (χ2v) is 7.71. The molecular weight excluding hydrogens is 459 g/mol. The van der Waals surface area contributed by atoms with Crippen LogP contribution >= 0.6 is 35.6 Å². The lowest BCUT2D eigenvalue weighted by Crippen LogP contribution is -2.41. The molecule has 4 nitrogen and oxygen atoms in total. The van der Waals surface area contributed by atoms with Gasteiger partial charge in [-0.05, 0) is 69.8 Å². The number of hydrogen-bond donors (Lipinski definition) is 1. The van der Waals surface area contributed by atoms with Crippen molar-refractivity contribution >= 4 is 41.5 Å². The van der Waals surface area contributed by atoms with Gasteiger partial charge in [-0.2, -0.15) is 0 Å². The van der Waals surface area contributed by atoms with E-state index >= 15 is 0 Å². The minimum absolute atomic E-state index is 0. The van der Waals surface area contributed by atoms with Crippen molar-refractivity contribution < 1.29 is 0 Å². The third-order valence-electron chi connectivity index (χ3n) is 5.41. The zero-order valence-electron chi connectivity index (χ0n) is 16.0. The fourth-order valence-electron chi connectivity index (χ4n) is 4.23. The summed E-state index contributed by atoms with van der Waals surface area (Å²) in [4.78, 5) is 9.90. The van der Waals surface area contributed by atoms with Gasteiger partial charge < -0.3 is 10.2 Å². The molecule has 1 N–H and O–H groups in total. The Balaban J connectivity index is 0.00000243. The van der Waals surface area contributed by atoms with Gasteiger partial charge in [0.1, 0.15) is 0 Å². The van der Waals surface area contributed by atoms with Gasteiger partial charge in [-0.25, -0.2) is 0 Å². The molecule has 0 aromatic heterocycles. The Labute approximate surface area is 180 Å². The molecule has 2 fully saturated rings. The largest absolute Gasteiger partial charge is 0.357 e. The van der Waals surface area contributed by atoms with Gasteiger partial charge in [0.25, 0.3) is 0 Å². The van der Waals surface area contributed by atoms with E-state index in [9.17, 15) is 0 Å². The second kappa shape index (κ2) is 10.7. The van der Waals surface area contributed by atoms with Gasteiger partial charge in [-0.15, -0.1) is 24.0 Å². The van der Waals surface area contributed by atoms with Crippen molar-refractivity contribution in [3.8, 4) is 0 Å². The van der Waals surface area contributed by atoms with Gasteiger partial charge >= 0.3 is 0 Å². The Morgan fingerprint density at radius 1 is 1.23 bits per heavy atom. The van der Waals surface area contributed by atoms with E-state index in [0.717, 1.165) is 43.7 Å². The molecule has 6 heteroatoms. The van der Waals surface area contributed by atoms with Crippen molar-refractivity contribution in [2.45, 2.75) is 38.6 Å². The number of halogens is 2. The third-order valence-corrected chi connectivity index (χ3v) is 5.65. The van der Waals surface area contributed by atoms with E-state index in [-0.39, 0.29) is 24.0 Å². The molecule has 26 heavy (non-hydrogen) atoms. The van der Waals surface area contributed by atoms with Crippen LogP contribution in [-0.4, -0.2) is 55.5 Å². The standard InChI is InChI=1S/C20H31ClN4.HI/c1-3-22-20(25-12-4-5-13-25)23-15-17-9-7-11-24(2)19(17)16-8-6-10-18(21)14-16;/h6,8,10,14,17,19H,3-5,7,9,11-13,15H2,1-2H3,(H,22,23);1H. The summed E-state index contributed by atoms with van der Waals surface area (Å²) in [7, 11) is 2.23. The highest BCUT2D eigenvalue weighted by Crippen LogP contribution is 2.36. The lowest BCUT2D eigenvalue weighted by Gasteiger charge is -2.39. The van der Waals surface area contributed by atoms with Crippen LogP contribution in [0.5, 0.6) is 0 Å². The highest BCUT2D eigenvalue weighted by molar-refractivity contribution is 14.0. The van der Waals surface area contributed by atoms with Gasteiger partial charge in [0.2, 0.25) is 0 Å². The highest BCUT2D eigenvalue weighted by Gasteiger charge is 2.30. The van der Waals surface area contributed by atoms with Gasteiger partial charge in [-0.3, -0.25) is 9.89 Å². The molecule has 2 heterocycles. The number of benzene rings is 1. The van der Waals surface area contributed by atoms with Gasteiger partial charge in [0.05, 0.1) is 0 Å². The molecule has 1 aromatic carbocycles. The minimum atomic E-state index is 0. The van der Waals surface area contributed by atoms with Crippen LogP contribution in [-0.2, 0) is 0 Å². The summed E-state index contributed by atoms with van der Waals surface area (Å²) in [6, 6.07) is 8.75. The zero-order chi connectivity index (χ0) is 17.6. The molecular formula is C20H32ClIN4. The quantitative estimate of drug-likeness (QED) is 0.385. The van der Waals surface area contributed by atoms with E-state index in [4.69, 9.17) is 16.6 Å². The fourth-order valence-corrected chi connectivity index (χ4v) is 4.43. The van der Waals surface area contributed by atoms with Gasteiger partial charge in [0.15, 0.2) is 5.96 Å². The molecule has 0 amide bonds. The maximum atomic E-state index is 6.25. The van der Waals surface area contributed by atoms with Crippen LogP contribution in [0, 0.1) is 5.92 Å². The Kier molecular flexibility index (Phi) is 8.97. The number of guanidine groups is 1. The van der Waals surface area contributed by atoms with Crippen LogP contribution in [0.25, 0.3) is 0 Å². The normalized spacial score (nSPS) is 24.4.